The molecule has 3 N–H and O–H groups in total. The van der Waals surface area contributed by atoms with Gasteiger partial charge in [-0.05, 0) is 48.0 Å². The molecule has 1 aliphatic rings. The van der Waals surface area contributed by atoms with Crippen molar-refractivity contribution >= 4 is 48.5 Å². The topological polar surface area (TPSA) is 150 Å². The van der Waals surface area contributed by atoms with E-state index in [2.05, 4.69) is 14.4 Å². The maximum Gasteiger partial charge on any atom is 0.286 e. The summed E-state index contributed by atoms with van der Waals surface area (Å²) in [6, 6.07) is 16.7. The van der Waals surface area contributed by atoms with Gasteiger partial charge in [0.15, 0.2) is 5.84 Å². The van der Waals surface area contributed by atoms with Crippen molar-refractivity contribution < 1.29 is 21.9 Å². The lowest BCUT2D eigenvalue weighted by molar-refractivity contribution is 0.443. The number of rotatable bonds is 6. The molecule has 0 saturated heterocycles. The predicted molar refractivity (Wildman–Crippen MR) is 151 cm³/mol. The standard InChI is InChI=1S/C26H25N5O6S2/c1-30(2)18-10-7-16(8-11-18)14-19-21-6-4-5-13-31(21)26(33)23(24(19)32)25-27-20-12-9-17(28-38(3,34)35)15-22(20)39(36,37)29-25/h4-13,15,28,33H,14H2,1-3H3,(H,27,29). The average molecular weight is 568 g/mol. The van der Waals surface area contributed by atoms with Crippen LogP contribution < -0.4 is 20.4 Å². The quantitative estimate of drug-likeness (QED) is 0.322. The molecular formula is C26H25N5O6S2. The summed E-state index contributed by atoms with van der Waals surface area (Å²) in [5.41, 5.74) is 1.90. The first kappa shape index (κ1) is 26.3. The van der Waals surface area contributed by atoms with Crippen molar-refractivity contribution in [3.8, 4) is 5.88 Å². The van der Waals surface area contributed by atoms with E-state index in [0.717, 1.165) is 23.6 Å². The number of aromatic nitrogens is 1. The Morgan fingerprint density at radius 3 is 2.46 bits per heavy atom. The number of aromatic hydroxyl groups is 1. The zero-order valence-electron chi connectivity index (χ0n) is 21.2. The van der Waals surface area contributed by atoms with Crippen LogP contribution in [0.3, 0.4) is 0 Å². The van der Waals surface area contributed by atoms with Crippen LogP contribution in [0.15, 0.2) is 80.9 Å². The molecule has 0 radical (unpaired) electrons. The molecule has 0 amide bonds. The second kappa shape index (κ2) is 9.43. The number of amidine groups is 1. The van der Waals surface area contributed by atoms with Gasteiger partial charge in [0.2, 0.25) is 21.3 Å². The van der Waals surface area contributed by atoms with Gasteiger partial charge in [-0.2, -0.15) is 8.42 Å². The third-order valence-corrected chi connectivity index (χ3v) is 8.14. The summed E-state index contributed by atoms with van der Waals surface area (Å²) in [7, 11) is -4.16. The third-order valence-electron chi connectivity index (χ3n) is 6.22. The lowest BCUT2D eigenvalue weighted by Gasteiger charge is -2.21. The molecule has 4 aromatic rings. The molecule has 0 saturated carbocycles. The highest BCUT2D eigenvalue weighted by Crippen LogP contribution is 2.33. The highest BCUT2D eigenvalue weighted by atomic mass is 32.2. The van der Waals surface area contributed by atoms with Crippen LogP contribution in [0.5, 0.6) is 5.88 Å². The van der Waals surface area contributed by atoms with Gasteiger partial charge in [0.1, 0.15) is 10.5 Å². The van der Waals surface area contributed by atoms with Crippen LogP contribution in [0.2, 0.25) is 0 Å². The molecule has 0 aliphatic carbocycles. The van der Waals surface area contributed by atoms with Crippen LogP contribution >= 0.6 is 0 Å². The number of sulfonamides is 2. The summed E-state index contributed by atoms with van der Waals surface area (Å²) < 4.78 is 56.9. The van der Waals surface area contributed by atoms with Crippen molar-refractivity contribution in [3.63, 3.8) is 0 Å². The first-order valence-corrected chi connectivity index (χ1v) is 15.0. The normalized spacial score (nSPS) is 14.3. The largest absolute Gasteiger partial charge is 0.494 e. The Balaban J connectivity index is 1.64. The maximum absolute atomic E-state index is 13.8. The van der Waals surface area contributed by atoms with Crippen LogP contribution in [-0.4, -0.2) is 52.5 Å². The van der Waals surface area contributed by atoms with Gasteiger partial charge in [0.25, 0.3) is 10.0 Å². The summed E-state index contributed by atoms with van der Waals surface area (Å²) in [6.45, 7) is 0. The van der Waals surface area contributed by atoms with Gasteiger partial charge >= 0.3 is 0 Å². The summed E-state index contributed by atoms with van der Waals surface area (Å²) in [5, 5.41) is 14.0. The Kier molecular flexibility index (Phi) is 6.35. The number of hydrogen-bond donors (Lipinski definition) is 3. The third kappa shape index (κ3) is 5.05. The highest BCUT2D eigenvalue weighted by Gasteiger charge is 2.30. The molecule has 3 heterocycles. The second-order valence-electron chi connectivity index (χ2n) is 9.32. The van der Waals surface area contributed by atoms with Crippen molar-refractivity contribution in [3.05, 3.63) is 93.8 Å². The van der Waals surface area contributed by atoms with Crippen LogP contribution in [0.4, 0.5) is 17.1 Å². The highest BCUT2D eigenvalue weighted by molar-refractivity contribution is 7.92. The molecule has 11 nitrogen and oxygen atoms in total. The molecule has 1 aliphatic heterocycles. The fourth-order valence-electron chi connectivity index (χ4n) is 4.41. The molecule has 0 atom stereocenters. The van der Waals surface area contributed by atoms with Gasteiger partial charge < -0.3 is 15.3 Å². The Morgan fingerprint density at radius 1 is 1.08 bits per heavy atom. The number of nitrogens with zero attached hydrogens (tertiary/aromatic N) is 3. The summed E-state index contributed by atoms with van der Waals surface area (Å²) >= 11 is 0. The van der Waals surface area contributed by atoms with E-state index in [9.17, 15) is 26.7 Å². The van der Waals surface area contributed by atoms with E-state index in [4.69, 9.17) is 0 Å². The predicted octanol–water partition coefficient (Wildman–Crippen LogP) is 2.59. The minimum absolute atomic E-state index is 0.0384. The molecular weight excluding hydrogens is 542 g/mol. The van der Waals surface area contributed by atoms with E-state index < -0.39 is 31.4 Å². The molecule has 0 bridgehead atoms. The Morgan fingerprint density at radius 2 is 1.79 bits per heavy atom. The monoisotopic (exact) mass is 567 g/mol. The van der Waals surface area contributed by atoms with Crippen LogP contribution in [0.25, 0.3) is 5.52 Å². The Labute approximate surface area is 225 Å². The van der Waals surface area contributed by atoms with Crippen molar-refractivity contribution in [2.45, 2.75) is 11.3 Å². The minimum atomic E-state index is -4.36. The lowest BCUT2D eigenvalue weighted by Crippen LogP contribution is -2.30. The van der Waals surface area contributed by atoms with Gasteiger partial charge in [-0.15, -0.1) is 4.40 Å². The molecule has 5 rings (SSSR count). The van der Waals surface area contributed by atoms with Crippen LogP contribution in [0.1, 0.15) is 16.7 Å². The number of pyridine rings is 2. The van der Waals surface area contributed by atoms with Gasteiger partial charge in [-0.1, -0.05) is 18.2 Å². The summed E-state index contributed by atoms with van der Waals surface area (Å²) in [4.78, 5) is 15.5. The van der Waals surface area contributed by atoms with Gasteiger partial charge in [-0.3, -0.25) is 13.9 Å². The van der Waals surface area contributed by atoms with E-state index in [0.29, 0.717) is 11.1 Å². The fraction of sp³-hybridized carbons (Fsp3) is 0.154. The molecule has 13 heteroatoms. The summed E-state index contributed by atoms with van der Waals surface area (Å²) in [5.74, 6) is -0.807. The number of anilines is 3. The Hall–Kier alpha value is -4.36. The van der Waals surface area contributed by atoms with Crippen molar-refractivity contribution in [1.29, 1.82) is 0 Å². The zero-order valence-corrected chi connectivity index (χ0v) is 22.8. The lowest BCUT2D eigenvalue weighted by atomic mass is 10.0. The molecule has 0 spiro atoms. The van der Waals surface area contributed by atoms with E-state index in [1.54, 1.807) is 24.4 Å². The average Bonchev–Trinajstić information content (AvgIpc) is 2.86. The molecule has 0 fully saturated rings. The second-order valence-corrected chi connectivity index (χ2v) is 12.6. The van der Waals surface area contributed by atoms with Crippen molar-refractivity contribution in [2.24, 2.45) is 4.40 Å². The van der Waals surface area contributed by atoms with Gasteiger partial charge in [0.05, 0.1) is 17.5 Å². The van der Waals surface area contributed by atoms with Crippen molar-refractivity contribution in [2.75, 3.05) is 35.3 Å². The van der Waals surface area contributed by atoms with Gasteiger partial charge in [0, 0.05) is 43.7 Å². The van der Waals surface area contributed by atoms with E-state index >= 15 is 0 Å². The van der Waals surface area contributed by atoms with Gasteiger partial charge in [-0.25, -0.2) is 8.42 Å². The Bertz CT molecular complexity index is 1930. The van der Waals surface area contributed by atoms with Crippen LogP contribution in [-0.2, 0) is 26.5 Å². The molecule has 202 valence electrons. The summed E-state index contributed by atoms with van der Waals surface area (Å²) in [6.07, 6.45) is 2.74. The maximum atomic E-state index is 13.8. The number of fused-ring (bicyclic) bond motifs is 2. The molecule has 2 aromatic heterocycles. The first-order chi connectivity index (χ1) is 18.3. The van der Waals surface area contributed by atoms with E-state index in [-0.39, 0.29) is 34.1 Å². The number of benzene rings is 2. The van der Waals surface area contributed by atoms with E-state index in [1.807, 2.05) is 43.3 Å². The smallest absolute Gasteiger partial charge is 0.286 e. The molecule has 2 aromatic carbocycles. The molecule has 39 heavy (non-hydrogen) atoms. The zero-order chi connectivity index (χ0) is 28.1. The minimum Gasteiger partial charge on any atom is -0.494 e. The first-order valence-electron chi connectivity index (χ1n) is 11.7. The number of hydrogen-bond acceptors (Lipinski definition) is 8. The number of nitrogens with one attached hydrogen (secondary N) is 2. The molecule has 0 unspecified atom stereocenters. The SMILES string of the molecule is CN(C)c1ccc(Cc2c(=O)c(C3=NS(=O)(=O)c4cc(NS(C)(=O)=O)ccc4N3)c(O)n3ccccc23)cc1. The van der Waals surface area contributed by atoms with Crippen molar-refractivity contribution in [1.82, 2.24) is 4.40 Å². The van der Waals surface area contributed by atoms with E-state index in [1.165, 1.54) is 16.5 Å². The van der Waals surface area contributed by atoms with Crippen LogP contribution in [0, 0.1) is 0 Å². The fourth-order valence-corrected chi connectivity index (χ4v) is 6.11.